The Morgan fingerprint density at radius 1 is 0.872 bits per heavy atom. The molecular formula is C28H29F3N2O6. The molecule has 0 N–H and O–H groups in total. The fourth-order valence-corrected chi connectivity index (χ4v) is 3.50. The van der Waals surface area contributed by atoms with Gasteiger partial charge in [0, 0.05) is 11.6 Å². The van der Waals surface area contributed by atoms with E-state index < -0.39 is 29.7 Å². The number of carbonyl (C=O) groups is 2. The molecular weight excluding hydrogens is 517 g/mol. The molecule has 0 atom stereocenters. The van der Waals surface area contributed by atoms with E-state index in [0.29, 0.717) is 17.7 Å². The number of carbonyl (C=O) groups excluding carboxylic acids is 2. The van der Waals surface area contributed by atoms with Crippen molar-refractivity contribution in [2.45, 2.75) is 39.5 Å². The van der Waals surface area contributed by atoms with E-state index >= 15 is 0 Å². The Balaban J connectivity index is 1.65. The maximum Gasteiger partial charge on any atom is 0.433 e. The standard InChI is InChI=1S/C28H29F3N2O6/c1-3-36-26(34)22(27(35)37-4-2)11-8-16-38-21-14-12-20(13-15-21)25-32-23(28(29,30)31)17-24(33-25)39-18-19-9-6-5-7-10-19/h5-7,9-10,12-15,17,22H,3-4,8,11,16,18H2,1-2H3. The maximum atomic E-state index is 13.5. The third kappa shape index (κ3) is 8.98. The van der Waals surface area contributed by atoms with Crippen molar-refractivity contribution in [3.8, 4) is 23.0 Å². The van der Waals surface area contributed by atoms with Crippen molar-refractivity contribution >= 4 is 11.9 Å². The first-order valence-electron chi connectivity index (χ1n) is 12.4. The zero-order valence-corrected chi connectivity index (χ0v) is 21.6. The van der Waals surface area contributed by atoms with Crippen LogP contribution in [0.3, 0.4) is 0 Å². The van der Waals surface area contributed by atoms with Crippen LogP contribution in [-0.2, 0) is 31.8 Å². The highest BCUT2D eigenvalue weighted by molar-refractivity contribution is 5.94. The fourth-order valence-electron chi connectivity index (χ4n) is 3.50. The van der Waals surface area contributed by atoms with Crippen molar-refractivity contribution in [1.82, 2.24) is 9.97 Å². The summed E-state index contributed by atoms with van der Waals surface area (Å²) >= 11 is 0. The molecule has 39 heavy (non-hydrogen) atoms. The second-order valence-corrected chi connectivity index (χ2v) is 8.26. The zero-order chi connectivity index (χ0) is 28.3. The molecule has 1 heterocycles. The van der Waals surface area contributed by atoms with Gasteiger partial charge in [0.15, 0.2) is 17.4 Å². The number of halogens is 3. The number of alkyl halides is 3. The minimum atomic E-state index is -4.68. The van der Waals surface area contributed by atoms with Gasteiger partial charge in [-0.05, 0) is 56.5 Å². The number of hydrogen-bond donors (Lipinski definition) is 0. The first-order chi connectivity index (χ1) is 18.7. The van der Waals surface area contributed by atoms with Crippen LogP contribution < -0.4 is 9.47 Å². The molecule has 0 aliphatic rings. The number of nitrogens with zero attached hydrogens (tertiary/aromatic N) is 2. The molecule has 0 bridgehead atoms. The van der Waals surface area contributed by atoms with E-state index in [-0.39, 0.29) is 44.6 Å². The average molecular weight is 547 g/mol. The fraction of sp³-hybridized carbons (Fsp3) is 0.357. The molecule has 11 heteroatoms. The van der Waals surface area contributed by atoms with E-state index in [1.165, 1.54) is 12.1 Å². The molecule has 8 nitrogen and oxygen atoms in total. The average Bonchev–Trinajstić information content (AvgIpc) is 2.92. The molecule has 0 saturated heterocycles. The lowest BCUT2D eigenvalue weighted by atomic mass is 10.0. The molecule has 0 saturated carbocycles. The molecule has 0 unspecified atom stereocenters. The minimum Gasteiger partial charge on any atom is -0.494 e. The van der Waals surface area contributed by atoms with Crippen LogP contribution in [0.25, 0.3) is 11.4 Å². The van der Waals surface area contributed by atoms with Gasteiger partial charge in [0.25, 0.3) is 0 Å². The number of ether oxygens (including phenoxy) is 4. The number of rotatable bonds is 13. The summed E-state index contributed by atoms with van der Waals surface area (Å²) < 4.78 is 61.5. The van der Waals surface area contributed by atoms with Gasteiger partial charge in [-0.15, -0.1) is 0 Å². The summed E-state index contributed by atoms with van der Waals surface area (Å²) in [7, 11) is 0. The molecule has 3 rings (SSSR count). The van der Waals surface area contributed by atoms with E-state index in [9.17, 15) is 22.8 Å². The molecule has 0 aliphatic carbocycles. The number of benzene rings is 2. The molecule has 208 valence electrons. The number of aromatic nitrogens is 2. The van der Waals surface area contributed by atoms with Crippen LogP contribution in [0.1, 0.15) is 37.9 Å². The summed E-state index contributed by atoms with van der Waals surface area (Å²) in [4.78, 5) is 32.0. The summed E-state index contributed by atoms with van der Waals surface area (Å²) in [5.74, 6) is -2.23. The van der Waals surface area contributed by atoms with Gasteiger partial charge in [-0.3, -0.25) is 9.59 Å². The molecule has 1 aromatic heterocycles. The van der Waals surface area contributed by atoms with Gasteiger partial charge < -0.3 is 18.9 Å². The Hall–Kier alpha value is -4.15. The highest BCUT2D eigenvalue weighted by Crippen LogP contribution is 2.32. The van der Waals surface area contributed by atoms with Gasteiger partial charge in [0.2, 0.25) is 5.88 Å². The zero-order valence-electron chi connectivity index (χ0n) is 21.6. The number of esters is 2. The lowest BCUT2D eigenvalue weighted by molar-refractivity contribution is -0.162. The SMILES string of the molecule is CCOC(=O)C(CCCOc1ccc(-c2nc(OCc3ccccc3)cc(C(F)(F)F)n2)cc1)C(=O)OCC. The van der Waals surface area contributed by atoms with Crippen molar-refractivity contribution in [2.24, 2.45) is 5.92 Å². The van der Waals surface area contributed by atoms with Gasteiger partial charge in [-0.25, -0.2) is 4.98 Å². The van der Waals surface area contributed by atoms with E-state index in [1.807, 2.05) is 6.07 Å². The Morgan fingerprint density at radius 3 is 2.10 bits per heavy atom. The van der Waals surface area contributed by atoms with Gasteiger partial charge in [0.1, 0.15) is 12.4 Å². The quantitative estimate of drug-likeness (QED) is 0.154. The summed E-state index contributed by atoms with van der Waals surface area (Å²) in [5.41, 5.74) is -0.0000984. The Morgan fingerprint density at radius 2 is 1.51 bits per heavy atom. The Kier molecular flexibility index (Phi) is 10.7. The highest BCUT2D eigenvalue weighted by Gasteiger charge is 2.34. The van der Waals surface area contributed by atoms with Crippen molar-refractivity contribution in [1.29, 1.82) is 0 Å². The second kappa shape index (κ2) is 14.1. The predicted molar refractivity (Wildman–Crippen MR) is 135 cm³/mol. The van der Waals surface area contributed by atoms with Crippen molar-refractivity contribution in [3.63, 3.8) is 0 Å². The first-order valence-corrected chi connectivity index (χ1v) is 12.4. The molecule has 0 amide bonds. The van der Waals surface area contributed by atoms with Gasteiger partial charge >= 0.3 is 18.1 Å². The van der Waals surface area contributed by atoms with E-state index in [1.54, 1.807) is 50.2 Å². The highest BCUT2D eigenvalue weighted by atomic mass is 19.4. The number of hydrogen-bond acceptors (Lipinski definition) is 8. The van der Waals surface area contributed by atoms with E-state index in [2.05, 4.69) is 9.97 Å². The maximum absolute atomic E-state index is 13.5. The Labute approximate surface area is 224 Å². The van der Waals surface area contributed by atoms with Crippen LogP contribution in [0, 0.1) is 5.92 Å². The lowest BCUT2D eigenvalue weighted by Crippen LogP contribution is -2.28. The molecule has 2 aromatic carbocycles. The third-order valence-electron chi connectivity index (χ3n) is 5.38. The monoisotopic (exact) mass is 546 g/mol. The topological polar surface area (TPSA) is 96.8 Å². The second-order valence-electron chi connectivity index (χ2n) is 8.26. The molecule has 0 aliphatic heterocycles. The van der Waals surface area contributed by atoms with Crippen LogP contribution in [0.2, 0.25) is 0 Å². The molecule has 3 aromatic rings. The summed E-state index contributed by atoms with van der Waals surface area (Å²) in [6, 6.07) is 16.0. The largest absolute Gasteiger partial charge is 0.494 e. The van der Waals surface area contributed by atoms with Crippen LogP contribution in [-0.4, -0.2) is 41.7 Å². The van der Waals surface area contributed by atoms with Gasteiger partial charge in [-0.1, -0.05) is 30.3 Å². The van der Waals surface area contributed by atoms with E-state index in [0.717, 1.165) is 11.6 Å². The molecule has 0 radical (unpaired) electrons. The van der Waals surface area contributed by atoms with Crippen LogP contribution in [0.15, 0.2) is 60.7 Å². The van der Waals surface area contributed by atoms with Crippen molar-refractivity contribution in [3.05, 3.63) is 71.9 Å². The third-order valence-corrected chi connectivity index (χ3v) is 5.38. The molecule has 0 fully saturated rings. The van der Waals surface area contributed by atoms with Crippen LogP contribution in [0.4, 0.5) is 13.2 Å². The first kappa shape index (κ1) is 29.4. The summed E-state index contributed by atoms with van der Waals surface area (Å²) in [6.07, 6.45) is -4.14. The lowest BCUT2D eigenvalue weighted by Gasteiger charge is -2.14. The predicted octanol–water partition coefficient (Wildman–Crippen LogP) is 5.64. The van der Waals surface area contributed by atoms with Crippen LogP contribution >= 0.6 is 0 Å². The van der Waals surface area contributed by atoms with Crippen LogP contribution in [0.5, 0.6) is 11.6 Å². The van der Waals surface area contributed by atoms with E-state index in [4.69, 9.17) is 18.9 Å². The van der Waals surface area contributed by atoms with Crippen molar-refractivity contribution in [2.75, 3.05) is 19.8 Å². The van der Waals surface area contributed by atoms with Gasteiger partial charge in [-0.2, -0.15) is 18.2 Å². The summed E-state index contributed by atoms with van der Waals surface area (Å²) in [5, 5.41) is 0. The smallest absolute Gasteiger partial charge is 0.433 e. The van der Waals surface area contributed by atoms with Crippen molar-refractivity contribution < 1.29 is 41.7 Å². The summed E-state index contributed by atoms with van der Waals surface area (Å²) in [6.45, 7) is 3.83. The minimum absolute atomic E-state index is 0.0502. The Bertz CT molecular complexity index is 1200. The van der Waals surface area contributed by atoms with Gasteiger partial charge in [0.05, 0.1) is 19.8 Å². The normalized spacial score (nSPS) is 11.2. The molecule has 0 spiro atoms.